The highest BCUT2D eigenvalue weighted by Crippen LogP contribution is 2.05. The van der Waals surface area contributed by atoms with Crippen LogP contribution in [0.2, 0.25) is 0 Å². The highest BCUT2D eigenvalue weighted by molar-refractivity contribution is 5.75. The van der Waals surface area contributed by atoms with Crippen LogP contribution in [0.5, 0.6) is 0 Å². The lowest BCUT2D eigenvalue weighted by Gasteiger charge is -2.23. The fourth-order valence-corrected chi connectivity index (χ4v) is 1.46. The van der Waals surface area contributed by atoms with Gasteiger partial charge in [0.25, 0.3) is 0 Å². The van der Waals surface area contributed by atoms with Gasteiger partial charge in [-0.2, -0.15) is 0 Å². The molecule has 0 radical (unpaired) electrons. The first-order chi connectivity index (χ1) is 6.74. The summed E-state index contributed by atoms with van der Waals surface area (Å²) in [5, 5.41) is 3.10. The van der Waals surface area contributed by atoms with Crippen molar-refractivity contribution in [2.75, 3.05) is 19.7 Å². The number of rotatable bonds is 4. The summed E-state index contributed by atoms with van der Waals surface area (Å²) in [4.78, 5) is 11.5. The second kappa shape index (κ2) is 5.98. The van der Waals surface area contributed by atoms with Gasteiger partial charge < -0.3 is 14.8 Å². The van der Waals surface area contributed by atoms with Gasteiger partial charge in [-0.05, 0) is 13.3 Å². The lowest BCUT2D eigenvalue weighted by atomic mass is 10.2. The molecule has 1 rings (SSSR count). The maximum atomic E-state index is 11.5. The van der Waals surface area contributed by atoms with E-state index in [-0.39, 0.29) is 12.1 Å². The molecule has 1 aliphatic rings. The summed E-state index contributed by atoms with van der Waals surface area (Å²) >= 11 is 0. The van der Waals surface area contributed by atoms with Crippen LogP contribution in [0.25, 0.3) is 0 Å². The molecule has 1 heterocycles. The number of ether oxygens (including phenoxy) is 2. The third kappa shape index (κ3) is 3.64. The van der Waals surface area contributed by atoms with Crippen LogP contribution >= 0.6 is 0 Å². The van der Waals surface area contributed by atoms with Crippen molar-refractivity contribution in [3.8, 4) is 0 Å². The van der Waals surface area contributed by atoms with Crippen molar-refractivity contribution in [2.45, 2.75) is 38.9 Å². The van der Waals surface area contributed by atoms with Crippen molar-refractivity contribution in [3.05, 3.63) is 0 Å². The molecule has 14 heavy (non-hydrogen) atoms. The van der Waals surface area contributed by atoms with Gasteiger partial charge in [-0.1, -0.05) is 13.3 Å². The van der Waals surface area contributed by atoms with E-state index in [1.165, 1.54) is 0 Å². The largest absolute Gasteiger partial charge is 0.461 e. The number of hydrogen-bond donors (Lipinski definition) is 1. The molecule has 2 unspecified atom stereocenters. The van der Waals surface area contributed by atoms with Crippen molar-refractivity contribution in [1.29, 1.82) is 0 Å². The molecule has 0 aromatic heterocycles. The third-order valence-corrected chi connectivity index (χ3v) is 2.20. The van der Waals surface area contributed by atoms with Crippen LogP contribution in [0, 0.1) is 0 Å². The summed E-state index contributed by atoms with van der Waals surface area (Å²) in [6.45, 7) is 5.95. The van der Waals surface area contributed by atoms with Crippen LogP contribution < -0.4 is 5.32 Å². The van der Waals surface area contributed by atoms with Crippen molar-refractivity contribution < 1.29 is 14.3 Å². The zero-order valence-corrected chi connectivity index (χ0v) is 8.91. The van der Waals surface area contributed by atoms with E-state index in [4.69, 9.17) is 9.47 Å². The molecule has 82 valence electrons. The SMILES string of the molecule is CCCC(C)OC(=O)C1CNCCO1. The molecule has 0 aromatic carbocycles. The van der Waals surface area contributed by atoms with Crippen LogP contribution in [0.1, 0.15) is 26.7 Å². The Bertz CT molecular complexity index is 178. The van der Waals surface area contributed by atoms with Crippen LogP contribution in [0.4, 0.5) is 0 Å². The summed E-state index contributed by atoms with van der Waals surface area (Å²) < 4.78 is 10.5. The van der Waals surface area contributed by atoms with Gasteiger partial charge in [-0.25, -0.2) is 4.79 Å². The minimum Gasteiger partial charge on any atom is -0.461 e. The third-order valence-electron chi connectivity index (χ3n) is 2.20. The number of carbonyl (C=O) groups excluding carboxylic acids is 1. The van der Waals surface area contributed by atoms with Gasteiger partial charge in [-0.3, -0.25) is 0 Å². The number of hydrogen-bond acceptors (Lipinski definition) is 4. The van der Waals surface area contributed by atoms with Gasteiger partial charge >= 0.3 is 5.97 Å². The van der Waals surface area contributed by atoms with Gasteiger partial charge in [0.05, 0.1) is 12.7 Å². The first kappa shape index (κ1) is 11.5. The van der Waals surface area contributed by atoms with E-state index in [9.17, 15) is 4.79 Å². The molecule has 4 nitrogen and oxygen atoms in total. The Hall–Kier alpha value is -0.610. The molecule has 0 amide bonds. The smallest absolute Gasteiger partial charge is 0.336 e. The molecule has 1 saturated heterocycles. The van der Waals surface area contributed by atoms with Gasteiger partial charge in [0.1, 0.15) is 0 Å². The predicted molar refractivity (Wildman–Crippen MR) is 53.1 cm³/mol. The monoisotopic (exact) mass is 201 g/mol. The zero-order chi connectivity index (χ0) is 10.4. The molecule has 0 saturated carbocycles. The van der Waals surface area contributed by atoms with Crippen LogP contribution in [0.3, 0.4) is 0 Å². The predicted octanol–water partition coefficient (Wildman–Crippen LogP) is 0.707. The number of morpholine rings is 1. The molecular weight excluding hydrogens is 182 g/mol. The summed E-state index contributed by atoms with van der Waals surface area (Å²) in [5.74, 6) is -0.238. The Morgan fingerprint density at radius 1 is 1.71 bits per heavy atom. The minimum atomic E-state index is -0.414. The highest BCUT2D eigenvalue weighted by Gasteiger charge is 2.24. The molecule has 1 aliphatic heterocycles. The fourth-order valence-electron chi connectivity index (χ4n) is 1.46. The van der Waals surface area contributed by atoms with E-state index >= 15 is 0 Å². The number of nitrogens with one attached hydrogen (secondary N) is 1. The molecule has 0 aliphatic carbocycles. The van der Waals surface area contributed by atoms with E-state index in [2.05, 4.69) is 12.2 Å². The highest BCUT2D eigenvalue weighted by atomic mass is 16.6. The standard InChI is InChI=1S/C10H19NO3/c1-3-4-8(2)14-10(12)9-7-11-5-6-13-9/h8-9,11H,3-7H2,1-2H3. The number of esters is 1. The van der Waals surface area contributed by atoms with Crippen LogP contribution in [-0.4, -0.2) is 37.9 Å². The van der Waals surface area contributed by atoms with E-state index in [0.29, 0.717) is 13.2 Å². The summed E-state index contributed by atoms with van der Waals surface area (Å²) in [6, 6.07) is 0. The van der Waals surface area contributed by atoms with E-state index < -0.39 is 6.10 Å². The Kier molecular flexibility index (Phi) is 4.90. The second-order valence-corrected chi connectivity index (χ2v) is 3.60. The van der Waals surface area contributed by atoms with Crippen molar-refractivity contribution in [3.63, 3.8) is 0 Å². The Balaban J connectivity index is 2.25. The molecule has 0 spiro atoms. The first-order valence-corrected chi connectivity index (χ1v) is 5.27. The lowest BCUT2D eigenvalue weighted by Crippen LogP contribution is -2.44. The van der Waals surface area contributed by atoms with Crippen molar-refractivity contribution in [2.24, 2.45) is 0 Å². The van der Waals surface area contributed by atoms with Crippen LogP contribution in [-0.2, 0) is 14.3 Å². The van der Waals surface area contributed by atoms with Crippen molar-refractivity contribution >= 4 is 5.97 Å². The average Bonchev–Trinajstić information content (AvgIpc) is 2.19. The Morgan fingerprint density at radius 2 is 2.50 bits per heavy atom. The quantitative estimate of drug-likeness (QED) is 0.680. The molecular formula is C10H19NO3. The van der Waals surface area contributed by atoms with Gasteiger partial charge in [0.15, 0.2) is 6.10 Å². The van der Waals surface area contributed by atoms with E-state index in [0.717, 1.165) is 19.4 Å². The molecule has 1 fully saturated rings. The van der Waals surface area contributed by atoms with E-state index in [1.54, 1.807) is 0 Å². The van der Waals surface area contributed by atoms with Gasteiger partial charge in [0, 0.05) is 13.1 Å². The van der Waals surface area contributed by atoms with Crippen LogP contribution in [0.15, 0.2) is 0 Å². The summed E-state index contributed by atoms with van der Waals surface area (Å²) in [7, 11) is 0. The van der Waals surface area contributed by atoms with E-state index in [1.807, 2.05) is 6.92 Å². The maximum Gasteiger partial charge on any atom is 0.336 e. The maximum absolute atomic E-state index is 11.5. The lowest BCUT2D eigenvalue weighted by molar-refractivity contribution is -0.163. The van der Waals surface area contributed by atoms with Crippen molar-refractivity contribution in [1.82, 2.24) is 5.32 Å². The molecule has 4 heteroatoms. The van der Waals surface area contributed by atoms with Gasteiger partial charge in [-0.15, -0.1) is 0 Å². The number of carbonyl (C=O) groups is 1. The Labute approximate surface area is 85.0 Å². The molecule has 0 aromatic rings. The molecule has 2 atom stereocenters. The normalized spacial score (nSPS) is 24.3. The minimum absolute atomic E-state index is 0.00183. The van der Waals surface area contributed by atoms with Gasteiger partial charge in [0.2, 0.25) is 0 Å². The first-order valence-electron chi connectivity index (χ1n) is 5.27. The zero-order valence-electron chi connectivity index (χ0n) is 8.91. The Morgan fingerprint density at radius 3 is 3.07 bits per heavy atom. The molecule has 0 bridgehead atoms. The second-order valence-electron chi connectivity index (χ2n) is 3.60. The summed E-state index contributed by atoms with van der Waals surface area (Å²) in [6.07, 6.45) is 1.52. The molecule has 1 N–H and O–H groups in total. The topological polar surface area (TPSA) is 47.6 Å². The fraction of sp³-hybridized carbons (Fsp3) is 0.900. The average molecular weight is 201 g/mol. The summed E-state index contributed by atoms with van der Waals surface area (Å²) in [5.41, 5.74) is 0.